The molecule has 0 saturated heterocycles. The Morgan fingerprint density at radius 3 is 2.78 bits per heavy atom. The molecule has 1 aromatic carbocycles. The number of fused-ring (bicyclic) bond motifs is 1. The zero-order valence-corrected chi connectivity index (χ0v) is 12.6. The fourth-order valence-electron chi connectivity index (χ4n) is 2.24. The Hall–Kier alpha value is -3.15. The highest BCUT2D eigenvalue weighted by atomic mass is 16.6. The van der Waals surface area contributed by atoms with Gasteiger partial charge in [0.1, 0.15) is 24.1 Å². The fourth-order valence-corrected chi connectivity index (χ4v) is 2.24. The van der Waals surface area contributed by atoms with E-state index in [9.17, 15) is 4.79 Å². The Balaban J connectivity index is 2.03. The van der Waals surface area contributed by atoms with Crippen molar-refractivity contribution in [3.05, 3.63) is 76.2 Å². The lowest BCUT2D eigenvalue weighted by Crippen LogP contribution is -2.22. The predicted molar refractivity (Wildman–Crippen MR) is 89.8 cm³/mol. The lowest BCUT2D eigenvalue weighted by atomic mass is 10.2. The number of aromatic nitrogens is 2. The monoisotopic (exact) mass is 308 g/mol. The minimum absolute atomic E-state index is 0.202. The molecule has 116 valence electrons. The van der Waals surface area contributed by atoms with Gasteiger partial charge in [-0.2, -0.15) is 0 Å². The first-order chi connectivity index (χ1) is 11.3. The maximum atomic E-state index is 12.6. The van der Waals surface area contributed by atoms with E-state index in [2.05, 4.69) is 15.5 Å². The minimum atomic E-state index is -0.202. The Labute approximate surface area is 133 Å². The second-order valence-corrected chi connectivity index (χ2v) is 4.86. The molecule has 2 heterocycles. The highest BCUT2D eigenvalue weighted by Crippen LogP contribution is 2.11. The molecule has 1 N–H and O–H groups in total. The maximum Gasteiger partial charge on any atom is 0.268 e. The van der Waals surface area contributed by atoms with Crippen molar-refractivity contribution in [2.45, 2.75) is 6.54 Å². The van der Waals surface area contributed by atoms with E-state index in [1.165, 1.54) is 17.7 Å². The van der Waals surface area contributed by atoms with E-state index in [0.29, 0.717) is 23.6 Å². The molecule has 2 aromatic heterocycles. The third-order valence-corrected chi connectivity index (χ3v) is 3.36. The molecule has 6 heteroatoms. The first-order valence-corrected chi connectivity index (χ1v) is 7.15. The molecule has 0 unspecified atom stereocenters. The van der Waals surface area contributed by atoms with Crippen LogP contribution in [0.25, 0.3) is 5.65 Å². The summed E-state index contributed by atoms with van der Waals surface area (Å²) in [6, 6.07) is 15.3. The van der Waals surface area contributed by atoms with Crippen LogP contribution in [0.2, 0.25) is 0 Å². The number of anilines is 1. The van der Waals surface area contributed by atoms with Gasteiger partial charge in [-0.15, -0.1) is 0 Å². The summed E-state index contributed by atoms with van der Waals surface area (Å²) in [5.74, 6) is 0.478. The van der Waals surface area contributed by atoms with Crippen LogP contribution in [-0.2, 0) is 11.4 Å². The molecule has 6 nitrogen and oxygen atoms in total. The quantitative estimate of drug-likeness (QED) is 0.580. The van der Waals surface area contributed by atoms with Crippen molar-refractivity contribution in [1.82, 2.24) is 9.38 Å². The van der Waals surface area contributed by atoms with Gasteiger partial charge in [-0.1, -0.05) is 41.6 Å². The van der Waals surface area contributed by atoms with Gasteiger partial charge in [0.25, 0.3) is 5.56 Å². The van der Waals surface area contributed by atoms with Crippen molar-refractivity contribution in [2.75, 3.05) is 12.4 Å². The molecular weight excluding hydrogens is 292 g/mol. The molecule has 0 bridgehead atoms. The summed E-state index contributed by atoms with van der Waals surface area (Å²) in [4.78, 5) is 21.8. The molecular formula is C17H16N4O2. The van der Waals surface area contributed by atoms with Crippen molar-refractivity contribution < 1.29 is 4.84 Å². The number of hydrogen-bond acceptors (Lipinski definition) is 5. The molecule has 23 heavy (non-hydrogen) atoms. The predicted octanol–water partition coefficient (Wildman–Crippen LogP) is 2.29. The van der Waals surface area contributed by atoms with Gasteiger partial charge in [0.2, 0.25) is 0 Å². The van der Waals surface area contributed by atoms with Gasteiger partial charge in [0, 0.05) is 12.7 Å². The SMILES string of the molecule is CO/N=C/c1c(NCc2ccccc2)nc2ccccn2c1=O. The lowest BCUT2D eigenvalue weighted by Gasteiger charge is -2.10. The number of rotatable bonds is 5. The molecule has 0 aliphatic heterocycles. The van der Waals surface area contributed by atoms with Crippen LogP contribution in [0, 0.1) is 0 Å². The molecule has 0 aliphatic carbocycles. The number of oxime groups is 1. The average molecular weight is 308 g/mol. The minimum Gasteiger partial charge on any atom is -0.399 e. The van der Waals surface area contributed by atoms with Crippen LogP contribution in [0.4, 0.5) is 5.82 Å². The van der Waals surface area contributed by atoms with Crippen LogP contribution in [-0.4, -0.2) is 22.7 Å². The summed E-state index contributed by atoms with van der Waals surface area (Å²) < 4.78 is 1.48. The summed E-state index contributed by atoms with van der Waals surface area (Å²) >= 11 is 0. The third-order valence-electron chi connectivity index (χ3n) is 3.36. The van der Waals surface area contributed by atoms with Gasteiger partial charge in [-0.3, -0.25) is 9.20 Å². The van der Waals surface area contributed by atoms with Gasteiger partial charge >= 0.3 is 0 Å². The van der Waals surface area contributed by atoms with Crippen molar-refractivity contribution in [3.63, 3.8) is 0 Å². The zero-order valence-electron chi connectivity index (χ0n) is 12.6. The second-order valence-electron chi connectivity index (χ2n) is 4.86. The molecule has 3 rings (SSSR count). The van der Waals surface area contributed by atoms with Crippen molar-refractivity contribution in [2.24, 2.45) is 5.16 Å². The highest BCUT2D eigenvalue weighted by Gasteiger charge is 2.11. The topological polar surface area (TPSA) is 68.0 Å². The lowest BCUT2D eigenvalue weighted by molar-refractivity contribution is 0.215. The first-order valence-electron chi connectivity index (χ1n) is 7.15. The summed E-state index contributed by atoms with van der Waals surface area (Å²) in [6.07, 6.45) is 3.05. The number of hydrogen-bond donors (Lipinski definition) is 1. The molecule has 0 atom stereocenters. The fraction of sp³-hybridized carbons (Fsp3) is 0.118. The largest absolute Gasteiger partial charge is 0.399 e. The molecule has 3 aromatic rings. The van der Waals surface area contributed by atoms with Gasteiger partial charge in [-0.25, -0.2) is 4.98 Å². The average Bonchev–Trinajstić information content (AvgIpc) is 2.60. The Morgan fingerprint density at radius 2 is 2.00 bits per heavy atom. The van der Waals surface area contributed by atoms with Crippen LogP contribution >= 0.6 is 0 Å². The maximum absolute atomic E-state index is 12.6. The van der Waals surface area contributed by atoms with E-state index in [-0.39, 0.29) is 5.56 Å². The highest BCUT2D eigenvalue weighted by molar-refractivity contribution is 5.86. The smallest absolute Gasteiger partial charge is 0.268 e. The molecule has 0 radical (unpaired) electrons. The van der Waals surface area contributed by atoms with Gasteiger partial charge in [-0.05, 0) is 17.7 Å². The van der Waals surface area contributed by atoms with Crippen molar-refractivity contribution in [1.29, 1.82) is 0 Å². The van der Waals surface area contributed by atoms with Gasteiger partial charge in [0.15, 0.2) is 0 Å². The number of pyridine rings is 1. The summed E-state index contributed by atoms with van der Waals surface area (Å²) in [7, 11) is 1.43. The van der Waals surface area contributed by atoms with Crippen LogP contribution in [0.3, 0.4) is 0 Å². The van der Waals surface area contributed by atoms with E-state index in [1.54, 1.807) is 18.3 Å². The molecule has 0 fully saturated rings. The van der Waals surface area contributed by atoms with E-state index in [0.717, 1.165) is 5.56 Å². The van der Waals surface area contributed by atoms with Gasteiger partial charge in [0.05, 0.1) is 6.21 Å². The van der Waals surface area contributed by atoms with Crippen LogP contribution in [0.1, 0.15) is 11.1 Å². The number of benzene rings is 1. The van der Waals surface area contributed by atoms with E-state index in [1.807, 2.05) is 36.4 Å². The summed E-state index contributed by atoms with van der Waals surface area (Å²) in [6.45, 7) is 0.560. The number of nitrogens with zero attached hydrogens (tertiary/aromatic N) is 3. The summed E-state index contributed by atoms with van der Waals surface area (Å²) in [5, 5.41) is 6.91. The standard InChI is InChI=1S/C17H16N4O2/c1-23-19-12-14-16(18-11-13-7-3-2-4-8-13)20-15-9-5-6-10-21(15)17(14)22/h2-10,12,18H,11H2,1H3/b19-12+. The first kappa shape index (κ1) is 14.8. The van der Waals surface area contributed by atoms with Gasteiger partial charge < -0.3 is 10.2 Å². The molecule has 0 aliphatic rings. The molecule has 0 amide bonds. The Kier molecular flexibility index (Phi) is 4.33. The van der Waals surface area contributed by atoms with E-state index >= 15 is 0 Å². The van der Waals surface area contributed by atoms with Crippen molar-refractivity contribution in [3.8, 4) is 0 Å². The zero-order chi connectivity index (χ0) is 16.1. The Morgan fingerprint density at radius 1 is 1.22 bits per heavy atom. The van der Waals surface area contributed by atoms with E-state index < -0.39 is 0 Å². The summed E-state index contributed by atoms with van der Waals surface area (Å²) in [5.41, 5.74) is 1.82. The third kappa shape index (κ3) is 3.21. The number of nitrogens with one attached hydrogen (secondary N) is 1. The van der Waals surface area contributed by atoms with E-state index in [4.69, 9.17) is 4.84 Å². The van der Waals surface area contributed by atoms with Crippen LogP contribution < -0.4 is 10.9 Å². The second kappa shape index (κ2) is 6.74. The molecule has 0 spiro atoms. The van der Waals surface area contributed by atoms with Crippen LogP contribution in [0.15, 0.2) is 64.7 Å². The van der Waals surface area contributed by atoms with Crippen molar-refractivity contribution >= 4 is 17.7 Å². The van der Waals surface area contributed by atoms with Crippen LogP contribution in [0.5, 0.6) is 0 Å². The normalized spacial score (nSPS) is 11.0. The Bertz CT molecular complexity index is 888. The molecule has 0 saturated carbocycles.